The van der Waals surface area contributed by atoms with Crippen molar-refractivity contribution in [1.29, 1.82) is 0 Å². The summed E-state index contributed by atoms with van der Waals surface area (Å²) in [7, 11) is 0. The van der Waals surface area contributed by atoms with E-state index in [1.807, 2.05) is 0 Å². The first-order valence-corrected chi connectivity index (χ1v) is 6.60. The van der Waals surface area contributed by atoms with Gasteiger partial charge in [0.1, 0.15) is 0 Å². The van der Waals surface area contributed by atoms with E-state index in [9.17, 15) is 0 Å². The molecule has 0 unspecified atom stereocenters. The van der Waals surface area contributed by atoms with E-state index in [4.69, 9.17) is 0 Å². The lowest BCUT2D eigenvalue weighted by molar-refractivity contribution is 0.238. The lowest BCUT2D eigenvalue weighted by Gasteiger charge is -2.29. The van der Waals surface area contributed by atoms with E-state index >= 15 is 0 Å². The molecular formula is C16H27N. The summed E-state index contributed by atoms with van der Waals surface area (Å²) >= 11 is 0. The largest absolute Gasteiger partial charge is 0.312 e. The summed E-state index contributed by atoms with van der Waals surface area (Å²) in [6.07, 6.45) is 0. The van der Waals surface area contributed by atoms with Gasteiger partial charge < -0.3 is 5.32 Å². The number of aryl methyl sites for hydroxylation is 2. The molecule has 0 aromatic heterocycles. The van der Waals surface area contributed by atoms with Gasteiger partial charge in [0.15, 0.2) is 0 Å². The second kappa shape index (κ2) is 5.68. The molecule has 1 rings (SSSR count). The standard InChI is InChI=1S/C16H27N/c1-12(2)16(5,6)11-17-10-15-8-7-13(3)14(4)9-15/h7-9,12,17H,10-11H2,1-6H3. The van der Waals surface area contributed by atoms with E-state index < -0.39 is 0 Å². The molecule has 0 spiro atoms. The maximum absolute atomic E-state index is 3.57. The molecule has 0 radical (unpaired) electrons. The Bertz CT molecular complexity index is 364. The molecule has 0 saturated heterocycles. The van der Waals surface area contributed by atoms with Crippen molar-refractivity contribution in [1.82, 2.24) is 5.32 Å². The summed E-state index contributed by atoms with van der Waals surface area (Å²) in [6, 6.07) is 6.71. The highest BCUT2D eigenvalue weighted by atomic mass is 14.9. The third-order valence-electron chi connectivity index (χ3n) is 4.04. The smallest absolute Gasteiger partial charge is 0.0205 e. The summed E-state index contributed by atoms with van der Waals surface area (Å²) in [5.74, 6) is 0.703. The number of benzene rings is 1. The highest BCUT2D eigenvalue weighted by Crippen LogP contribution is 2.24. The Morgan fingerprint density at radius 1 is 1.12 bits per heavy atom. The molecule has 0 fully saturated rings. The van der Waals surface area contributed by atoms with E-state index in [-0.39, 0.29) is 0 Å². The van der Waals surface area contributed by atoms with Gasteiger partial charge in [0.25, 0.3) is 0 Å². The molecule has 1 nitrogen and oxygen atoms in total. The molecule has 0 bridgehead atoms. The van der Waals surface area contributed by atoms with E-state index in [0.29, 0.717) is 11.3 Å². The fraction of sp³-hybridized carbons (Fsp3) is 0.625. The van der Waals surface area contributed by atoms with Gasteiger partial charge in [-0.05, 0) is 41.9 Å². The van der Waals surface area contributed by atoms with Crippen molar-refractivity contribution in [3.05, 3.63) is 34.9 Å². The van der Waals surface area contributed by atoms with Crippen LogP contribution < -0.4 is 5.32 Å². The van der Waals surface area contributed by atoms with E-state index in [0.717, 1.165) is 13.1 Å². The zero-order chi connectivity index (χ0) is 13.1. The summed E-state index contributed by atoms with van der Waals surface area (Å²) in [5, 5.41) is 3.57. The minimum atomic E-state index is 0.361. The zero-order valence-corrected chi connectivity index (χ0v) is 12.2. The van der Waals surface area contributed by atoms with Crippen LogP contribution in [0, 0.1) is 25.2 Å². The van der Waals surface area contributed by atoms with Crippen LogP contribution in [-0.4, -0.2) is 6.54 Å². The summed E-state index contributed by atoms with van der Waals surface area (Å²) in [4.78, 5) is 0. The maximum Gasteiger partial charge on any atom is 0.0205 e. The predicted molar refractivity (Wildman–Crippen MR) is 76.2 cm³/mol. The minimum Gasteiger partial charge on any atom is -0.312 e. The van der Waals surface area contributed by atoms with Crippen molar-refractivity contribution in [3.63, 3.8) is 0 Å². The molecule has 0 aliphatic heterocycles. The van der Waals surface area contributed by atoms with Crippen molar-refractivity contribution in [2.75, 3.05) is 6.54 Å². The Kier molecular flexibility index (Phi) is 4.76. The van der Waals surface area contributed by atoms with Crippen LogP contribution >= 0.6 is 0 Å². The van der Waals surface area contributed by atoms with E-state index in [1.54, 1.807) is 0 Å². The third kappa shape index (κ3) is 4.16. The number of nitrogens with one attached hydrogen (secondary N) is 1. The fourth-order valence-electron chi connectivity index (χ4n) is 1.65. The monoisotopic (exact) mass is 233 g/mol. The van der Waals surface area contributed by atoms with E-state index in [2.05, 4.69) is 65.1 Å². The Labute approximate surface area is 107 Å². The summed E-state index contributed by atoms with van der Waals surface area (Å²) in [5.41, 5.74) is 4.50. The van der Waals surface area contributed by atoms with Gasteiger partial charge in [-0.15, -0.1) is 0 Å². The molecule has 0 atom stereocenters. The van der Waals surface area contributed by atoms with Crippen molar-refractivity contribution in [2.24, 2.45) is 11.3 Å². The minimum absolute atomic E-state index is 0.361. The van der Waals surface area contributed by atoms with Crippen molar-refractivity contribution in [2.45, 2.75) is 48.1 Å². The Hall–Kier alpha value is -0.820. The molecule has 0 heterocycles. The maximum atomic E-state index is 3.57. The fourth-order valence-corrected chi connectivity index (χ4v) is 1.65. The third-order valence-corrected chi connectivity index (χ3v) is 4.04. The SMILES string of the molecule is Cc1ccc(CNCC(C)(C)C(C)C)cc1C. The normalized spacial score (nSPS) is 12.2. The molecule has 0 saturated carbocycles. The van der Waals surface area contributed by atoms with Crippen LogP contribution in [0.1, 0.15) is 44.4 Å². The highest BCUT2D eigenvalue weighted by Gasteiger charge is 2.21. The second-order valence-electron chi connectivity index (χ2n) is 6.17. The lowest BCUT2D eigenvalue weighted by Crippen LogP contribution is -2.33. The van der Waals surface area contributed by atoms with Gasteiger partial charge in [-0.1, -0.05) is 45.9 Å². The number of hydrogen-bond acceptors (Lipinski definition) is 1. The van der Waals surface area contributed by atoms with Gasteiger partial charge >= 0.3 is 0 Å². The lowest BCUT2D eigenvalue weighted by atomic mass is 9.81. The predicted octanol–water partition coefficient (Wildman–Crippen LogP) is 4.08. The van der Waals surface area contributed by atoms with Crippen LogP contribution in [-0.2, 0) is 6.54 Å². The molecule has 1 aromatic carbocycles. The van der Waals surface area contributed by atoms with Gasteiger partial charge in [-0.25, -0.2) is 0 Å². The van der Waals surface area contributed by atoms with Gasteiger partial charge in [-0.3, -0.25) is 0 Å². The molecule has 1 heteroatoms. The Morgan fingerprint density at radius 2 is 1.76 bits per heavy atom. The zero-order valence-electron chi connectivity index (χ0n) is 12.2. The van der Waals surface area contributed by atoms with Crippen LogP contribution in [0.25, 0.3) is 0 Å². The van der Waals surface area contributed by atoms with E-state index in [1.165, 1.54) is 16.7 Å². The molecule has 1 N–H and O–H groups in total. The van der Waals surface area contributed by atoms with Gasteiger partial charge in [-0.2, -0.15) is 0 Å². The summed E-state index contributed by atoms with van der Waals surface area (Å²) < 4.78 is 0. The molecule has 0 aliphatic rings. The van der Waals surface area contributed by atoms with Crippen LogP contribution in [0.5, 0.6) is 0 Å². The average Bonchev–Trinajstić information content (AvgIpc) is 2.23. The van der Waals surface area contributed by atoms with Crippen LogP contribution in [0.3, 0.4) is 0 Å². The average molecular weight is 233 g/mol. The van der Waals surface area contributed by atoms with Crippen molar-refractivity contribution in [3.8, 4) is 0 Å². The number of rotatable bonds is 5. The number of hydrogen-bond donors (Lipinski definition) is 1. The highest BCUT2D eigenvalue weighted by molar-refractivity contribution is 5.29. The first-order chi connectivity index (χ1) is 7.83. The molecule has 1 aromatic rings. The Balaban J connectivity index is 2.49. The second-order valence-corrected chi connectivity index (χ2v) is 6.17. The van der Waals surface area contributed by atoms with Gasteiger partial charge in [0, 0.05) is 13.1 Å². The molecule has 17 heavy (non-hydrogen) atoms. The molecule has 0 aliphatic carbocycles. The van der Waals surface area contributed by atoms with Crippen LogP contribution in [0.2, 0.25) is 0 Å². The first kappa shape index (κ1) is 14.2. The Morgan fingerprint density at radius 3 is 2.29 bits per heavy atom. The molecular weight excluding hydrogens is 206 g/mol. The van der Waals surface area contributed by atoms with Crippen molar-refractivity contribution >= 4 is 0 Å². The molecule has 0 amide bonds. The summed E-state index contributed by atoms with van der Waals surface area (Å²) in [6.45, 7) is 15.6. The van der Waals surface area contributed by atoms with Crippen LogP contribution in [0.15, 0.2) is 18.2 Å². The quantitative estimate of drug-likeness (QED) is 0.808. The topological polar surface area (TPSA) is 12.0 Å². The van der Waals surface area contributed by atoms with Crippen LogP contribution in [0.4, 0.5) is 0 Å². The molecule has 96 valence electrons. The first-order valence-electron chi connectivity index (χ1n) is 6.60. The van der Waals surface area contributed by atoms with Gasteiger partial charge in [0.2, 0.25) is 0 Å². The van der Waals surface area contributed by atoms with Crippen molar-refractivity contribution < 1.29 is 0 Å². The van der Waals surface area contributed by atoms with Gasteiger partial charge in [0.05, 0.1) is 0 Å².